The summed E-state index contributed by atoms with van der Waals surface area (Å²) in [4.78, 5) is 0. The third-order valence-corrected chi connectivity index (χ3v) is 5.96. The molecular weight excluding hydrogens is 622 g/mol. The van der Waals surface area contributed by atoms with Crippen LogP contribution in [0.5, 0.6) is 0 Å². The van der Waals surface area contributed by atoms with E-state index in [0.717, 1.165) is 23.3 Å². The molecule has 0 saturated heterocycles. The second-order valence-corrected chi connectivity index (χ2v) is 8.86. The highest BCUT2D eigenvalue weighted by Crippen LogP contribution is 2.28. The fraction of sp³-hybridized carbons (Fsp3) is 0.185. The minimum absolute atomic E-state index is 0. The zero-order valence-corrected chi connectivity index (χ0v) is 23.5. The summed E-state index contributed by atoms with van der Waals surface area (Å²) in [5.41, 5.74) is 0.423. The standard InChI is InChI=1S/C27H26F2N6O.2BrH/c28-24-11-12-25(26(29)13-24)27(36,16-34-20-32(18-30-34)14-22-7-3-1-4-8-22)17-35-21-33(19-31-35)15-23-9-5-2-6-10-23;;/h1-13,18-21,36H,14-17H2;2*1H/q+2;;/p-2. The highest BCUT2D eigenvalue weighted by molar-refractivity contribution is 5.25. The van der Waals surface area contributed by atoms with Crippen molar-refractivity contribution in [3.05, 3.63) is 132 Å². The Bertz CT molecular complexity index is 1360. The molecule has 0 saturated carbocycles. The Morgan fingerprint density at radius 2 is 1.18 bits per heavy atom. The molecule has 2 heterocycles. The van der Waals surface area contributed by atoms with Gasteiger partial charge in [0.2, 0.25) is 12.7 Å². The molecule has 0 radical (unpaired) electrons. The van der Waals surface area contributed by atoms with E-state index in [1.807, 2.05) is 69.8 Å². The molecule has 0 aliphatic carbocycles. The highest BCUT2D eigenvalue weighted by Gasteiger charge is 2.39. The van der Waals surface area contributed by atoms with Crippen LogP contribution in [-0.2, 0) is 31.8 Å². The Balaban J connectivity index is 0.00000200. The summed E-state index contributed by atoms with van der Waals surface area (Å²) in [5.74, 6) is -1.54. The molecule has 2 aromatic heterocycles. The number of aromatic nitrogens is 6. The SMILES string of the molecule is OC(Cn1c[n+](Cc2ccccc2)cn1)(Cn1c[n+](Cc2ccccc2)cn1)c1ccc(F)cc1F.[Br-].[Br-]. The molecule has 3 aromatic carbocycles. The molecule has 0 fully saturated rings. The lowest BCUT2D eigenvalue weighted by atomic mass is 9.93. The Labute approximate surface area is 240 Å². The number of halogens is 4. The first kappa shape index (κ1) is 29.3. The summed E-state index contributed by atoms with van der Waals surface area (Å²) in [7, 11) is 0. The molecule has 0 unspecified atom stereocenters. The van der Waals surface area contributed by atoms with E-state index in [2.05, 4.69) is 10.2 Å². The van der Waals surface area contributed by atoms with Gasteiger partial charge in [0, 0.05) is 21.8 Å². The molecule has 1 N–H and O–H groups in total. The van der Waals surface area contributed by atoms with E-state index in [0.29, 0.717) is 13.1 Å². The van der Waals surface area contributed by atoms with Crippen molar-refractivity contribution in [2.45, 2.75) is 31.8 Å². The smallest absolute Gasteiger partial charge is 0.265 e. The number of benzene rings is 3. The third-order valence-electron chi connectivity index (χ3n) is 5.96. The zero-order valence-electron chi connectivity index (χ0n) is 20.3. The van der Waals surface area contributed by atoms with Gasteiger partial charge in [-0.05, 0) is 17.2 Å². The summed E-state index contributed by atoms with van der Waals surface area (Å²) in [5, 5.41) is 20.5. The fourth-order valence-electron chi connectivity index (χ4n) is 4.27. The first-order valence-corrected chi connectivity index (χ1v) is 11.6. The van der Waals surface area contributed by atoms with Gasteiger partial charge in [0.15, 0.2) is 5.60 Å². The Morgan fingerprint density at radius 1 is 0.711 bits per heavy atom. The van der Waals surface area contributed by atoms with Gasteiger partial charge in [-0.15, -0.1) is 9.36 Å². The average molecular weight is 648 g/mol. The molecule has 0 atom stereocenters. The maximum Gasteiger partial charge on any atom is 0.265 e. The molecule has 5 rings (SSSR count). The topological polar surface area (TPSA) is 63.6 Å². The second-order valence-electron chi connectivity index (χ2n) is 8.86. The highest BCUT2D eigenvalue weighted by atomic mass is 79.9. The average Bonchev–Trinajstić information content (AvgIpc) is 3.49. The summed E-state index contributed by atoms with van der Waals surface area (Å²) in [6, 6.07) is 23.0. The molecule has 0 bridgehead atoms. The lowest BCUT2D eigenvalue weighted by Gasteiger charge is -2.24. The molecular formula is C27H26Br2F2N6O. The van der Waals surface area contributed by atoms with Crippen LogP contribution >= 0.6 is 0 Å². The first-order chi connectivity index (χ1) is 17.5. The van der Waals surface area contributed by atoms with Crippen LogP contribution in [0.15, 0.2) is 104 Å². The van der Waals surface area contributed by atoms with Crippen LogP contribution < -0.4 is 43.1 Å². The van der Waals surface area contributed by atoms with Crippen molar-refractivity contribution in [3.63, 3.8) is 0 Å². The maximum absolute atomic E-state index is 14.9. The van der Waals surface area contributed by atoms with Gasteiger partial charge >= 0.3 is 0 Å². The van der Waals surface area contributed by atoms with Crippen molar-refractivity contribution in [3.8, 4) is 0 Å². The van der Waals surface area contributed by atoms with Crippen LogP contribution in [-0.4, -0.2) is 24.7 Å². The Kier molecular flexibility index (Phi) is 10.0. The van der Waals surface area contributed by atoms with E-state index in [1.54, 1.807) is 34.7 Å². The summed E-state index contributed by atoms with van der Waals surface area (Å²) < 4.78 is 35.4. The van der Waals surface area contributed by atoms with Crippen LogP contribution in [0.3, 0.4) is 0 Å². The lowest BCUT2D eigenvalue weighted by molar-refractivity contribution is -0.689. The minimum atomic E-state index is -1.75. The molecule has 0 amide bonds. The predicted molar refractivity (Wildman–Crippen MR) is 126 cm³/mol. The van der Waals surface area contributed by atoms with Crippen LogP contribution in [0.1, 0.15) is 16.7 Å². The number of hydrogen-bond acceptors (Lipinski definition) is 3. The van der Waals surface area contributed by atoms with E-state index >= 15 is 0 Å². The van der Waals surface area contributed by atoms with Crippen LogP contribution in [0.2, 0.25) is 0 Å². The van der Waals surface area contributed by atoms with Crippen LogP contribution in [0.4, 0.5) is 8.78 Å². The monoisotopic (exact) mass is 646 g/mol. The molecule has 5 aromatic rings. The first-order valence-electron chi connectivity index (χ1n) is 11.6. The van der Waals surface area contributed by atoms with Gasteiger partial charge < -0.3 is 39.1 Å². The molecule has 7 nitrogen and oxygen atoms in total. The molecule has 0 spiro atoms. The van der Waals surface area contributed by atoms with Gasteiger partial charge in [-0.2, -0.15) is 0 Å². The largest absolute Gasteiger partial charge is 1.00 e. The van der Waals surface area contributed by atoms with E-state index in [-0.39, 0.29) is 52.6 Å². The molecule has 0 aliphatic heterocycles. The molecule has 198 valence electrons. The van der Waals surface area contributed by atoms with Crippen molar-refractivity contribution in [2.24, 2.45) is 0 Å². The Morgan fingerprint density at radius 3 is 1.63 bits per heavy atom. The van der Waals surface area contributed by atoms with Crippen molar-refractivity contribution in [2.75, 3.05) is 0 Å². The number of hydrogen-bond donors (Lipinski definition) is 1. The third kappa shape index (κ3) is 7.18. The normalized spacial score (nSPS) is 11.0. The number of aliphatic hydroxyl groups is 1. The van der Waals surface area contributed by atoms with Crippen molar-refractivity contribution < 1.29 is 57.0 Å². The van der Waals surface area contributed by atoms with E-state index in [4.69, 9.17) is 0 Å². The Hall–Kier alpha value is -3.28. The van der Waals surface area contributed by atoms with Gasteiger partial charge in [0.25, 0.3) is 12.7 Å². The summed E-state index contributed by atoms with van der Waals surface area (Å²) >= 11 is 0. The predicted octanol–water partition coefficient (Wildman–Crippen LogP) is -3.37. The van der Waals surface area contributed by atoms with Gasteiger partial charge in [-0.1, -0.05) is 66.7 Å². The molecule has 38 heavy (non-hydrogen) atoms. The van der Waals surface area contributed by atoms with E-state index < -0.39 is 17.2 Å². The van der Waals surface area contributed by atoms with Crippen LogP contribution in [0.25, 0.3) is 0 Å². The van der Waals surface area contributed by atoms with Crippen molar-refractivity contribution in [1.29, 1.82) is 0 Å². The molecule has 0 aliphatic rings. The van der Waals surface area contributed by atoms with Gasteiger partial charge in [-0.3, -0.25) is 0 Å². The molecule has 11 heteroatoms. The minimum Gasteiger partial charge on any atom is -1.00 e. The number of rotatable bonds is 9. The number of nitrogens with zero attached hydrogens (tertiary/aromatic N) is 6. The van der Waals surface area contributed by atoms with Gasteiger partial charge in [-0.25, -0.2) is 17.9 Å². The van der Waals surface area contributed by atoms with Crippen molar-refractivity contribution >= 4 is 0 Å². The van der Waals surface area contributed by atoms with E-state index in [9.17, 15) is 13.9 Å². The van der Waals surface area contributed by atoms with Gasteiger partial charge in [0.1, 0.15) is 24.7 Å². The lowest BCUT2D eigenvalue weighted by Crippen LogP contribution is -3.00. The second kappa shape index (κ2) is 13.0. The summed E-state index contributed by atoms with van der Waals surface area (Å²) in [6.45, 7) is 1.08. The van der Waals surface area contributed by atoms with Crippen molar-refractivity contribution in [1.82, 2.24) is 19.6 Å². The quantitative estimate of drug-likeness (QED) is 0.170. The fourth-order valence-corrected chi connectivity index (χ4v) is 4.27. The van der Waals surface area contributed by atoms with Crippen LogP contribution in [0, 0.1) is 11.6 Å². The zero-order chi connectivity index (χ0) is 25.0. The van der Waals surface area contributed by atoms with E-state index in [1.165, 1.54) is 6.07 Å². The maximum atomic E-state index is 14.9. The summed E-state index contributed by atoms with van der Waals surface area (Å²) in [6.07, 6.45) is 6.79. The van der Waals surface area contributed by atoms with Gasteiger partial charge in [0.05, 0.1) is 13.1 Å².